The van der Waals surface area contributed by atoms with Crippen molar-refractivity contribution in [2.45, 2.75) is 70.4 Å². The fourth-order valence-corrected chi connectivity index (χ4v) is 4.83. The second-order valence-electron chi connectivity index (χ2n) is 6.82. The van der Waals surface area contributed by atoms with Crippen molar-refractivity contribution in [2.24, 2.45) is 0 Å². The van der Waals surface area contributed by atoms with Crippen LogP contribution in [0, 0.1) is 0 Å². The molecule has 2 atom stereocenters. The molecule has 0 unspecified atom stereocenters. The maximum absolute atomic E-state index is 13.0. The van der Waals surface area contributed by atoms with Crippen molar-refractivity contribution in [1.29, 1.82) is 0 Å². The van der Waals surface area contributed by atoms with Gasteiger partial charge in [-0.1, -0.05) is 56.0 Å². The minimum Gasteiger partial charge on any atom is -0.461 e. The average Bonchev–Trinajstić information content (AvgIpc) is 3.03. The van der Waals surface area contributed by atoms with Crippen molar-refractivity contribution in [1.82, 2.24) is 4.90 Å². The zero-order valence-electron chi connectivity index (χ0n) is 15.7. The highest BCUT2D eigenvalue weighted by Gasteiger charge is 2.43. The second kappa shape index (κ2) is 10.2. The van der Waals surface area contributed by atoms with E-state index in [1.807, 2.05) is 38.1 Å². The Morgan fingerprint density at radius 3 is 2.65 bits per heavy atom. The van der Waals surface area contributed by atoms with E-state index < -0.39 is 6.04 Å². The van der Waals surface area contributed by atoms with E-state index in [-0.39, 0.29) is 23.4 Å². The molecule has 0 N–H and O–H groups in total. The van der Waals surface area contributed by atoms with Gasteiger partial charge in [-0.2, -0.15) is 0 Å². The van der Waals surface area contributed by atoms with Gasteiger partial charge in [-0.25, -0.2) is 4.79 Å². The number of rotatable bonds is 8. The number of amides is 1. The predicted octanol–water partition coefficient (Wildman–Crippen LogP) is 5.20. The van der Waals surface area contributed by atoms with Crippen LogP contribution in [0.5, 0.6) is 0 Å². The summed E-state index contributed by atoms with van der Waals surface area (Å²) in [6.07, 6.45) is 4.37. The van der Waals surface area contributed by atoms with E-state index in [9.17, 15) is 9.59 Å². The van der Waals surface area contributed by atoms with Gasteiger partial charge >= 0.3 is 5.97 Å². The van der Waals surface area contributed by atoms with Crippen molar-refractivity contribution < 1.29 is 14.3 Å². The third-order valence-electron chi connectivity index (χ3n) is 4.33. The van der Waals surface area contributed by atoms with Crippen molar-refractivity contribution in [3.8, 4) is 0 Å². The lowest BCUT2D eigenvalue weighted by Crippen LogP contribution is -2.44. The van der Waals surface area contributed by atoms with Crippen LogP contribution >= 0.6 is 23.4 Å². The van der Waals surface area contributed by atoms with Crippen LogP contribution in [0.2, 0.25) is 5.02 Å². The summed E-state index contributed by atoms with van der Waals surface area (Å²) in [4.78, 5) is 27.2. The second-order valence-corrected chi connectivity index (χ2v) is 8.34. The van der Waals surface area contributed by atoms with Gasteiger partial charge in [0.1, 0.15) is 11.4 Å². The molecule has 1 aromatic rings. The van der Waals surface area contributed by atoms with Gasteiger partial charge in [-0.05, 0) is 26.3 Å². The lowest BCUT2D eigenvalue weighted by Gasteiger charge is -2.29. The van der Waals surface area contributed by atoms with Gasteiger partial charge in [0, 0.05) is 22.8 Å². The molecule has 144 valence electrons. The van der Waals surface area contributed by atoms with Crippen molar-refractivity contribution in [2.75, 3.05) is 5.75 Å². The van der Waals surface area contributed by atoms with E-state index in [4.69, 9.17) is 16.3 Å². The summed E-state index contributed by atoms with van der Waals surface area (Å²) in [6, 6.07) is 6.97. The Bertz CT molecular complexity index is 623. The van der Waals surface area contributed by atoms with Crippen LogP contribution < -0.4 is 0 Å². The minimum absolute atomic E-state index is 0.00160. The number of hydrogen-bond acceptors (Lipinski definition) is 4. The van der Waals surface area contributed by atoms with Gasteiger partial charge in [0.25, 0.3) is 0 Å². The zero-order valence-corrected chi connectivity index (χ0v) is 17.3. The number of thioether (sulfide) groups is 1. The molecule has 0 spiro atoms. The molecule has 26 heavy (non-hydrogen) atoms. The SMILES string of the molecule is CCCCCCC(=O)N1[C@@H](c2ccccc2Cl)SC[C@H]1C(=O)OC(C)C. The molecule has 1 aliphatic heterocycles. The smallest absolute Gasteiger partial charge is 0.330 e. The lowest BCUT2D eigenvalue weighted by atomic mass is 10.1. The Hall–Kier alpha value is -1.20. The van der Waals surface area contributed by atoms with E-state index in [0.29, 0.717) is 17.2 Å². The monoisotopic (exact) mass is 397 g/mol. The van der Waals surface area contributed by atoms with Crippen LogP contribution in [0.25, 0.3) is 0 Å². The molecule has 2 rings (SSSR count). The third-order valence-corrected chi connectivity index (χ3v) is 5.98. The summed E-state index contributed by atoms with van der Waals surface area (Å²) in [7, 11) is 0. The van der Waals surface area contributed by atoms with Gasteiger partial charge < -0.3 is 9.64 Å². The highest BCUT2D eigenvalue weighted by Crippen LogP contribution is 2.44. The van der Waals surface area contributed by atoms with Crippen LogP contribution in [-0.4, -0.2) is 34.7 Å². The average molecular weight is 398 g/mol. The highest BCUT2D eigenvalue weighted by atomic mass is 35.5. The first-order valence-corrected chi connectivity index (χ1v) is 10.8. The molecule has 0 aliphatic carbocycles. The van der Waals surface area contributed by atoms with Crippen LogP contribution in [0.4, 0.5) is 0 Å². The highest BCUT2D eigenvalue weighted by molar-refractivity contribution is 7.99. The maximum atomic E-state index is 13.0. The Morgan fingerprint density at radius 2 is 2.00 bits per heavy atom. The number of unbranched alkanes of at least 4 members (excludes halogenated alkanes) is 3. The number of esters is 1. The molecular weight excluding hydrogens is 370 g/mol. The molecule has 6 heteroatoms. The van der Waals surface area contributed by atoms with Crippen molar-refractivity contribution >= 4 is 35.2 Å². The van der Waals surface area contributed by atoms with E-state index >= 15 is 0 Å². The normalized spacial score (nSPS) is 19.8. The molecule has 1 fully saturated rings. The molecule has 1 amide bonds. The lowest BCUT2D eigenvalue weighted by molar-refractivity contribution is -0.157. The molecule has 1 heterocycles. The first-order valence-electron chi connectivity index (χ1n) is 9.33. The number of ether oxygens (including phenoxy) is 1. The molecular formula is C20H28ClNO3S. The van der Waals surface area contributed by atoms with Crippen LogP contribution in [0.3, 0.4) is 0 Å². The Labute approximate surface area is 165 Å². The first kappa shape index (κ1) is 21.1. The predicted molar refractivity (Wildman–Crippen MR) is 107 cm³/mol. The molecule has 0 radical (unpaired) electrons. The molecule has 4 nitrogen and oxygen atoms in total. The molecule has 0 bridgehead atoms. The third kappa shape index (κ3) is 5.40. The fraction of sp³-hybridized carbons (Fsp3) is 0.600. The molecule has 0 saturated carbocycles. The number of halogens is 1. The van der Waals surface area contributed by atoms with E-state index in [1.165, 1.54) is 0 Å². The van der Waals surface area contributed by atoms with Crippen LogP contribution in [0.15, 0.2) is 24.3 Å². The number of hydrogen-bond donors (Lipinski definition) is 0. The largest absolute Gasteiger partial charge is 0.461 e. The molecule has 0 aromatic heterocycles. The quantitative estimate of drug-likeness (QED) is 0.446. The van der Waals surface area contributed by atoms with Crippen molar-refractivity contribution in [3.63, 3.8) is 0 Å². The Kier molecular flexibility index (Phi) is 8.29. The van der Waals surface area contributed by atoms with Gasteiger partial charge in [0.15, 0.2) is 0 Å². The maximum Gasteiger partial charge on any atom is 0.330 e. The zero-order chi connectivity index (χ0) is 19.1. The number of benzene rings is 1. The Morgan fingerprint density at radius 1 is 1.27 bits per heavy atom. The minimum atomic E-state index is -0.553. The standard InChI is InChI=1S/C20H28ClNO3S/c1-4-5-6-7-12-18(23)22-17(20(24)25-14(2)3)13-26-19(22)15-10-8-9-11-16(15)21/h8-11,14,17,19H,4-7,12-13H2,1-3H3/t17-,19+/m0/s1. The van der Waals surface area contributed by atoms with Gasteiger partial charge in [0.05, 0.1) is 6.10 Å². The summed E-state index contributed by atoms with van der Waals surface area (Å²) in [5.74, 6) is 0.202. The summed E-state index contributed by atoms with van der Waals surface area (Å²) in [5, 5.41) is 0.374. The summed E-state index contributed by atoms with van der Waals surface area (Å²) < 4.78 is 5.39. The van der Waals surface area contributed by atoms with E-state index in [2.05, 4.69) is 6.92 Å². The van der Waals surface area contributed by atoms with Crippen molar-refractivity contribution in [3.05, 3.63) is 34.9 Å². The topological polar surface area (TPSA) is 46.6 Å². The number of carbonyl (C=O) groups is 2. The molecule has 1 saturated heterocycles. The summed E-state index contributed by atoms with van der Waals surface area (Å²) >= 11 is 7.94. The fourth-order valence-electron chi connectivity index (χ4n) is 3.05. The van der Waals surface area contributed by atoms with Gasteiger partial charge in [0.2, 0.25) is 5.91 Å². The van der Waals surface area contributed by atoms with Gasteiger partial charge in [-0.3, -0.25) is 4.79 Å². The van der Waals surface area contributed by atoms with Crippen LogP contribution in [-0.2, 0) is 14.3 Å². The van der Waals surface area contributed by atoms with Gasteiger partial charge in [-0.15, -0.1) is 11.8 Å². The van der Waals surface area contributed by atoms with E-state index in [0.717, 1.165) is 31.2 Å². The molecule has 1 aliphatic rings. The Balaban J connectivity index is 2.20. The van der Waals surface area contributed by atoms with E-state index in [1.54, 1.807) is 16.7 Å². The first-order chi connectivity index (χ1) is 12.5. The summed E-state index contributed by atoms with van der Waals surface area (Å²) in [6.45, 7) is 5.79. The number of nitrogens with zero attached hydrogens (tertiary/aromatic N) is 1. The summed E-state index contributed by atoms with van der Waals surface area (Å²) in [5.41, 5.74) is 0.876. The van der Waals surface area contributed by atoms with Crippen LogP contribution in [0.1, 0.15) is 63.8 Å². The molecule has 1 aromatic carbocycles. The number of carbonyl (C=O) groups excluding carboxylic acids is 2.